The third-order valence-electron chi connectivity index (χ3n) is 4.46. The largest absolute Gasteiger partial charge is 0.340 e. The first-order valence-electron chi connectivity index (χ1n) is 7.96. The summed E-state index contributed by atoms with van der Waals surface area (Å²) >= 11 is 0. The second kappa shape index (κ2) is 6.40. The Hall–Kier alpha value is -2.37. The highest BCUT2D eigenvalue weighted by Gasteiger charge is 2.31. The van der Waals surface area contributed by atoms with Crippen molar-refractivity contribution in [3.8, 4) is 0 Å². The lowest BCUT2D eigenvalue weighted by Gasteiger charge is -2.36. The van der Waals surface area contributed by atoms with Crippen LogP contribution in [0.25, 0.3) is 0 Å². The molecule has 1 aliphatic carbocycles. The zero-order valence-electron chi connectivity index (χ0n) is 13.6. The third-order valence-corrected chi connectivity index (χ3v) is 4.46. The van der Waals surface area contributed by atoms with Crippen molar-refractivity contribution in [3.05, 3.63) is 47.1 Å². The van der Waals surface area contributed by atoms with Gasteiger partial charge in [0.25, 0.3) is 0 Å². The molecule has 0 spiro atoms. The van der Waals surface area contributed by atoms with Gasteiger partial charge in [0.15, 0.2) is 5.82 Å². The van der Waals surface area contributed by atoms with Gasteiger partial charge in [-0.25, -0.2) is 4.79 Å². The molecule has 2 aromatic rings. The predicted octanol–water partition coefficient (Wildman–Crippen LogP) is 2.47. The number of benzene rings is 1. The lowest BCUT2D eigenvalue weighted by Crippen LogP contribution is -2.44. The second-order valence-corrected chi connectivity index (χ2v) is 6.34. The van der Waals surface area contributed by atoms with E-state index < -0.39 is 0 Å². The first-order chi connectivity index (χ1) is 11.1. The van der Waals surface area contributed by atoms with E-state index in [1.165, 1.54) is 11.1 Å². The Morgan fingerprint density at radius 1 is 1.35 bits per heavy atom. The molecule has 0 unspecified atom stereocenters. The van der Waals surface area contributed by atoms with Gasteiger partial charge in [-0.1, -0.05) is 36.3 Å². The Morgan fingerprint density at radius 2 is 2.17 bits per heavy atom. The van der Waals surface area contributed by atoms with Gasteiger partial charge in [0.2, 0.25) is 5.89 Å². The molecule has 1 heterocycles. The Bertz CT molecular complexity index is 697. The summed E-state index contributed by atoms with van der Waals surface area (Å²) in [6, 6.07) is 8.30. The molecular weight excluding hydrogens is 292 g/mol. The maximum Gasteiger partial charge on any atom is 0.315 e. The highest BCUT2D eigenvalue weighted by Crippen LogP contribution is 2.36. The summed E-state index contributed by atoms with van der Waals surface area (Å²) in [5.74, 6) is 0.973. The fourth-order valence-electron chi connectivity index (χ4n) is 3.22. The van der Waals surface area contributed by atoms with Gasteiger partial charge in [0.05, 0.1) is 6.54 Å². The molecule has 6 heteroatoms. The minimum atomic E-state index is -0.211. The van der Waals surface area contributed by atoms with Crippen LogP contribution in [0.1, 0.15) is 42.6 Å². The summed E-state index contributed by atoms with van der Waals surface area (Å²) < 4.78 is 4.87. The standard InChI is InChI=1S/C17H22N4O2/c1-12-20-15(21-23-12)10-18-16(22)19-11-17(2)9-5-7-13-6-3-4-8-14(13)17/h3-4,6,8H,5,7,9-11H2,1-2H3,(H2,18,19,22)/t17-/m0/s1. The van der Waals surface area contributed by atoms with E-state index >= 15 is 0 Å². The SMILES string of the molecule is Cc1nc(CNC(=O)NC[C@]2(C)CCCc3ccccc32)no1. The van der Waals surface area contributed by atoms with Gasteiger partial charge in [-0.3, -0.25) is 0 Å². The number of rotatable bonds is 4. The number of urea groups is 1. The molecule has 1 aliphatic rings. The fourth-order valence-corrected chi connectivity index (χ4v) is 3.22. The van der Waals surface area contributed by atoms with E-state index in [2.05, 4.69) is 52.0 Å². The molecule has 2 amide bonds. The molecule has 122 valence electrons. The molecule has 3 rings (SSSR count). The summed E-state index contributed by atoms with van der Waals surface area (Å²) in [5.41, 5.74) is 2.72. The highest BCUT2D eigenvalue weighted by molar-refractivity contribution is 5.73. The van der Waals surface area contributed by atoms with Crippen LogP contribution < -0.4 is 10.6 Å². The molecule has 6 nitrogen and oxygen atoms in total. The molecule has 2 N–H and O–H groups in total. The Balaban J connectivity index is 1.56. The van der Waals surface area contributed by atoms with Crippen LogP contribution in [0.2, 0.25) is 0 Å². The molecule has 1 atom stereocenters. The zero-order chi connectivity index (χ0) is 16.3. The van der Waals surface area contributed by atoms with E-state index in [9.17, 15) is 4.79 Å². The Labute approximate surface area is 135 Å². The minimum Gasteiger partial charge on any atom is -0.340 e. The molecule has 1 aromatic carbocycles. The molecule has 1 aromatic heterocycles. The average molecular weight is 314 g/mol. The summed E-state index contributed by atoms with van der Waals surface area (Å²) in [4.78, 5) is 16.1. The van der Waals surface area contributed by atoms with Crippen molar-refractivity contribution in [1.82, 2.24) is 20.8 Å². The van der Waals surface area contributed by atoms with Gasteiger partial charge in [0.1, 0.15) is 0 Å². The number of carbonyl (C=O) groups is 1. The highest BCUT2D eigenvalue weighted by atomic mass is 16.5. The number of aryl methyl sites for hydroxylation is 2. The van der Waals surface area contributed by atoms with E-state index in [4.69, 9.17) is 4.52 Å². The first kappa shape index (κ1) is 15.5. The topological polar surface area (TPSA) is 80.0 Å². The summed E-state index contributed by atoms with van der Waals surface area (Å²) in [7, 11) is 0. The predicted molar refractivity (Wildman–Crippen MR) is 86.0 cm³/mol. The zero-order valence-corrected chi connectivity index (χ0v) is 13.6. The fraction of sp³-hybridized carbons (Fsp3) is 0.471. The maximum atomic E-state index is 12.0. The second-order valence-electron chi connectivity index (χ2n) is 6.34. The van der Waals surface area contributed by atoms with Crippen LogP contribution in [0.4, 0.5) is 4.79 Å². The van der Waals surface area contributed by atoms with Crippen LogP contribution in [-0.4, -0.2) is 22.7 Å². The lowest BCUT2D eigenvalue weighted by molar-refractivity contribution is 0.235. The third kappa shape index (κ3) is 3.52. The molecule has 0 saturated carbocycles. The first-order valence-corrected chi connectivity index (χ1v) is 7.96. The summed E-state index contributed by atoms with van der Waals surface area (Å²) in [6.07, 6.45) is 3.35. The van der Waals surface area contributed by atoms with Gasteiger partial charge in [0, 0.05) is 18.9 Å². The number of nitrogens with zero attached hydrogens (tertiary/aromatic N) is 2. The van der Waals surface area contributed by atoms with E-state index in [1.54, 1.807) is 6.92 Å². The quantitative estimate of drug-likeness (QED) is 0.908. The van der Waals surface area contributed by atoms with Gasteiger partial charge in [-0.05, 0) is 30.4 Å². The van der Waals surface area contributed by atoms with Gasteiger partial charge < -0.3 is 15.2 Å². The Morgan fingerprint density at radius 3 is 2.96 bits per heavy atom. The van der Waals surface area contributed by atoms with Crippen molar-refractivity contribution >= 4 is 6.03 Å². The van der Waals surface area contributed by atoms with Crippen molar-refractivity contribution < 1.29 is 9.32 Å². The van der Waals surface area contributed by atoms with Crippen LogP contribution in [0.3, 0.4) is 0 Å². The molecule has 0 fully saturated rings. The molecule has 0 aliphatic heterocycles. The van der Waals surface area contributed by atoms with Crippen molar-refractivity contribution in [1.29, 1.82) is 0 Å². The van der Waals surface area contributed by atoms with E-state index in [0.29, 0.717) is 18.3 Å². The van der Waals surface area contributed by atoms with Gasteiger partial charge >= 0.3 is 6.03 Å². The molecule has 23 heavy (non-hydrogen) atoms. The van der Waals surface area contributed by atoms with Gasteiger partial charge in [-0.15, -0.1) is 0 Å². The number of aromatic nitrogens is 2. The minimum absolute atomic E-state index is 0.0189. The molecule has 0 radical (unpaired) electrons. The smallest absolute Gasteiger partial charge is 0.315 e. The van der Waals surface area contributed by atoms with Crippen LogP contribution in [0, 0.1) is 6.92 Å². The number of carbonyl (C=O) groups excluding carboxylic acids is 1. The number of nitrogens with one attached hydrogen (secondary N) is 2. The summed E-state index contributed by atoms with van der Waals surface area (Å²) in [6.45, 7) is 4.81. The maximum absolute atomic E-state index is 12.0. The number of hydrogen-bond acceptors (Lipinski definition) is 4. The monoisotopic (exact) mass is 314 g/mol. The van der Waals surface area contributed by atoms with Crippen LogP contribution in [0.5, 0.6) is 0 Å². The average Bonchev–Trinajstić information content (AvgIpc) is 2.97. The lowest BCUT2D eigenvalue weighted by atomic mass is 9.71. The molecular formula is C17H22N4O2. The molecule has 0 saturated heterocycles. The van der Waals surface area contributed by atoms with Crippen molar-refractivity contribution in [3.63, 3.8) is 0 Å². The van der Waals surface area contributed by atoms with E-state index in [1.807, 2.05) is 0 Å². The van der Waals surface area contributed by atoms with Crippen LogP contribution >= 0.6 is 0 Å². The number of amides is 2. The Kier molecular flexibility index (Phi) is 4.32. The van der Waals surface area contributed by atoms with Crippen molar-refractivity contribution in [2.75, 3.05) is 6.54 Å². The normalized spacial score (nSPS) is 19.9. The van der Waals surface area contributed by atoms with Crippen LogP contribution in [-0.2, 0) is 18.4 Å². The van der Waals surface area contributed by atoms with Crippen molar-refractivity contribution in [2.45, 2.75) is 45.1 Å². The van der Waals surface area contributed by atoms with Crippen molar-refractivity contribution in [2.24, 2.45) is 0 Å². The van der Waals surface area contributed by atoms with Gasteiger partial charge in [-0.2, -0.15) is 4.98 Å². The number of hydrogen-bond donors (Lipinski definition) is 2. The van der Waals surface area contributed by atoms with Crippen LogP contribution in [0.15, 0.2) is 28.8 Å². The summed E-state index contributed by atoms with van der Waals surface area (Å²) in [5, 5.41) is 9.49. The van der Waals surface area contributed by atoms with E-state index in [-0.39, 0.29) is 18.0 Å². The van der Waals surface area contributed by atoms with E-state index in [0.717, 1.165) is 19.3 Å². The number of fused-ring (bicyclic) bond motifs is 1. The molecule has 0 bridgehead atoms.